The summed E-state index contributed by atoms with van der Waals surface area (Å²) in [7, 11) is 3.78. The van der Waals surface area contributed by atoms with Crippen molar-refractivity contribution in [2.45, 2.75) is 32.0 Å². The van der Waals surface area contributed by atoms with Gasteiger partial charge in [0.15, 0.2) is 5.96 Å². The predicted molar refractivity (Wildman–Crippen MR) is 107 cm³/mol. The second-order valence-electron chi connectivity index (χ2n) is 5.71. The van der Waals surface area contributed by atoms with Crippen molar-refractivity contribution in [1.82, 2.24) is 15.5 Å². The number of aliphatic imine (C=N–C) groups is 1. The Kier molecular flexibility index (Phi) is 9.73. The van der Waals surface area contributed by atoms with Gasteiger partial charge in [-0.2, -0.15) is 8.78 Å². The molecule has 0 aliphatic carbocycles. The summed E-state index contributed by atoms with van der Waals surface area (Å²) in [6.07, 6.45) is 2.35. The lowest BCUT2D eigenvalue weighted by atomic mass is 10.2. The van der Waals surface area contributed by atoms with Crippen LogP contribution in [0.15, 0.2) is 23.2 Å². The fraction of sp³-hybridized carbons (Fsp3) is 0.562. The normalized spacial score (nSPS) is 18.2. The molecule has 25 heavy (non-hydrogen) atoms. The summed E-state index contributed by atoms with van der Waals surface area (Å²) < 4.78 is 29.5. The molecule has 2 N–H and O–H groups in total. The Balaban J connectivity index is 0.00000312. The molecule has 1 unspecified atom stereocenters. The minimum absolute atomic E-state index is 0. The van der Waals surface area contributed by atoms with Gasteiger partial charge in [-0.1, -0.05) is 11.6 Å². The van der Waals surface area contributed by atoms with Crippen LogP contribution in [0.1, 0.15) is 18.4 Å². The Hall–Kier alpha value is -0.870. The highest BCUT2D eigenvalue weighted by Gasteiger charge is 2.20. The number of nitrogens with one attached hydrogen (secondary N) is 2. The molecule has 142 valence electrons. The molecule has 1 heterocycles. The molecule has 1 saturated heterocycles. The predicted octanol–water partition coefficient (Wildman–Crippen LogP) is 3.32. The van der Waals surface area contributed by atoms with Gasteiger partial charge in [0.2, 0.25) is 0 Å². The lowest BCUT2D eigenvalue weighted by Gasteiger charge is -2.21. The van der Waals surface area contributed by atoms with E-state index in [2.05, 4.69) is 32.3 Å². The van der Waals surface area contributed by atoms with E-state index in [0.717, 1.165) is 19.5 Å². The molecule has 0 amide bonds. The highest BCUT2D eigenvalue weighted by molar-refractivity contribution is 14.0. The average Bonchev–Trinajstić information content (AvgIpc) is 2.94. The molecule has 1 aliphatic heterocycles. The molecule has 1 aliphatic rings. The maximum absolute atomic E-state index is 12.5. The van der Waals surface area contributed by atoms with Crippen molar-refractivity contribution < 1.29 is 13.5 Å². The van der Waals surface area contributed by atoms with E-state index in [1.54, 1.807) is 13.1 Å². The molecule has 1 fully saturated rings. The third-order valence-corrected chi connectivity index (χ3v) is 4.32. The van der Waals surface area contributed by atoms with Gasteiger partial charge in [0, 0.05) is 36.8 Å². The highest BCUT2D eigenvalue weighted by Crippen LogP contribution is 2.24. The second-order valence-corrected chi connectivity index (χ2v) is 6.15. The Bertz CT molecular complexity index is 577. The Labute approximate surface area is 169 Å². The summed E-state index contributed by atoms with van der Waals surface area (Å²) in [5.74, 6) is 0.714. The molecule has 2 rings (SSSR count). The van der Waals surface area contributed by atoms with Gasteiger partial charge < -0.3 is 20.3 Å². The zero-order chi connectivity index (χ0) is 17.5. The first-order valence-corrected chi connectivity index (χ1v) is 8.25. The van der Waals surface area contributed by atoms with E-state index in [1.807, 2.05) is 0 Å². The maximum Gasteiger partial charge on any atom is 0.387 e. The quantitative estimate of drug-likeness (QED) is 0.366. The van der Waals surface area contributed by atoms with Crippen molar-refractivity contribution in [1.29, 1.82) is 0 Å². The van der Waals surface area contributed by atoms with Crippen LogP contribution >= 0.6 is 35.6 Å². The Morgan fingerprint density at radius 2 is 2.20 bits per heavy atom. The molecule has 1 aromatic carbocycles. The molecule has 5 nitrogen and oxygen atoms in total. The first kappa shape index (κ1) is 22.2. The lowest BCUT2D eigenvalue weighted by molar-refractivity contribution is -0.0504. The van der Waals surface area contributed by atoms with E-state index in [4.69, 9.17) is 11.6 Å². The largest absolute Gasteiger partial charge is 0.434 e. The van der Waals surface area contributed by atoms with Crippen molar-refractivity contribution >= 4 is 41.5 Å². The van der Waals surface area contributed by atoms with Crippen molar-refractivity contribution in [2.75, 3.05) is 27.2 Å². The first-order chi connectivity index (χ1) is 11.5. The van der Waals surface area contributed by atoms with Gasteiger partial charge in [0.1, 0.15) is 5.75 Å². The third kappa shape index (κ3) is 7.10. The number of alkyl halides is 2. The van der Waals surface area contributed by atoms with Crippen LogP contribution in [0.3, 0.4) is 0 Å². The number of guanidine groups is 1. The topological polar surface area (TPSA) is 48.9 Å². The lowest BCUT2D eigenvalue weighted by Crippen LogP contribution is -2.43. The van der Waals surface area contributed by atoms with E-state index in [9.17, 15) is 8.78 Å². The smallest absolute Gasteiger partial charge is 0.387 e. The van der Waals surface area contributed by atoms with E-state index in [-0.39, 0.29) is 36.3 Å². The number of likely N-dealkylation sites (tertiary alicyclic amines) is 1. The van der Waals surface area contributed by atoms with Crippen LogP contribution in [0.4, 0.5) is 8.78 Å². The van der Waals surface area contributed by atoms with Crippen LogP contribution in [-0.4, -0.2) is 50.7 Å². The number of rotatable bonds is 6. The molecule has 0 aromatic heterocycles. The van der Waals surface area contributed by atoms with Gasteiger partial charge >= 0.3 is 6.61 Å². The maximum atomic E-state index is 12.5. The van der Waals surface area contributed by atoms with Crippen LogP contribution in [0.25, 0.3) is 0 Å². The van der Waals surface area contributed by atoms with Crippen LogP contribution in [-0.2, 0) is 6.54 Å². The monoisotopic (exact) mass is 488 g/mol. The molecule has 0 bridgehead atoms. The molecule has 9 heteroatoms. The van der Waals surface area contributed by atoms with Crippen molar-refractivity contribution in [3.05, 3.63) is 28.8 Å². The SMILES string of the molecule is CN=C(NCc1cc(Cl)ccc1OC(F)F)NCC1CCCN1C.I. The van der Waals surface area contributed by atoms with Crippen molar-refractivity contribution in [2.24, 2.45) is 4.99 Å². The zero-order valence-corrected chi connectivity index (χ0v) is 17.4. The van der Waals surface area contributed by atoms with Crippen LogP contribution in [0.5, 0.6) is 5.75 Å². The van der Waals surface area contributed by atoms with Crippen LogP contribution < -0.4 is 15.4 Å². The van der Waals surface area contributed by atoms with Gasteiger partial charge in [0.25, 0.3) is 0 Å². The summed E-state index contributed by atoms with van der Waals surface area (Å²) >= 11 is 5.94. The van der Waals surface area contributed by atoms with E-state index in [1.165, 1.54) is 18.6 Å². The Morgan fingerprint density at radius 1 is 1.44 bits per heavy atom. The molecule has 0 saturated carbocycles. The van der Waals surface area contributed by atoms with Gasteiger partial charge in [0.05, 0.1) is 0 Å². The summed E-state index contributed by atoms with van der Waals surface area (Å²) in [5, 5.41) is 6.83. The number of hydrogen-bond donors (Lipinski definition) is 2. The van der Waals surface area contributed by atoms with Crippen molar-refractivity contribution in [3.63, 3.8) is 0 Å². The second kappa shape index (κ2) is 11.0. The summed E-state index contributed by atoms with van der Waals surface area (Å²) in [4.78, 5) is 6.47. The van der Waals surface area contributed by atoms with E-state index >= 15 is 0 Å². The summed E-state index contributed by atoms with van der Waals surface area (Å²) in [6.45, 7) is -0.704. The number of ether oxygens (including phenoxy) is 1. The van der Waals surface area contributed by atoms with Gasteiger partial charge in [-0.05, 0) is 44.6 Å². The number of halogens is 4. The number of nitrogens with zero attached hydrogens (tertiary/aromatic N) is 2. The van der Waals surface area contributed by atoms with Gasteiger partial charge in [-0.3, -0.25) is 4.99 Å². The fourth-order valence-electron chi connectivity index (χ4n) is 2.75. The third-order valence-electron chi connectivity index (χ3n) is 4.09. The van der Waals surface area contributed by atoms with Crippen LogP contribution in [0, 0.1) is 0 Å². The first-order valence-electron chi connectivity index (χ1n) is 7.87. The minimum atomic E-state index is -2.87. The summed E-state index contributed by atoms with van der Waals surface area (Å²) in [6, 6.07) is 5.04. The average molecular weight is 489 g/mol. The minimum Gasteiger partial charge on any atom is -0.434 e. The highest BCUT2D eigenvalue weighted by atomic mass is 127. The zero-order valence-electron chi connectivity index (χ0n) is 14.3. The number of likely N-dealkylation sites (N-methyl/N-ethyl adjacent to an activating group) is 1. The van der Waals surface area contributed by atoms with Crippen molar-refractivity contribution in [3.8, 4) is 5.75 Å². The Morgan fingerprint density at radius 3 is 2.80 bits per heavy atom. The van der Waals surface area contributed by atoms with Gasteiger partial charge in [-0.15, -0.1) is 24.0 Å². The van der Waals surface area contributed by atoms with Gasteiger partial charge in [-0.25, -0.2) is 0 Å². The number of benzene rings is 1. The summed E-state index contributed by atoms with van der Waals surface area (Å²) in [5.41, 5.74) is 0.545. The van der Waals surface area contributed by atoms with Crippen LogP contribution in [0.2, 0.25) is 5.02 Å². The van der Waals surface area contributed by atoms with E-state index < -0.39 is 6.61 Å². The molecule has 1 aromatic rings. The molecule has 0 spiro atoms. The van der Waals surface area contributed by atoms with E-state index in [0.29, 0.717) is 22.6 Å². The molecular formula is C16H24ClF2IN4O. The fourth-order valence-corrected chi connectivity index (χ4v) is 2.94. The standard InChI is InChI=1S/C16H23ClF2N4O.HI/c1-20-16(22-10-13-4-3-7-23(13)2)21-9-11-8-12(17)5-6-14(11)24-15(18)19;/h5-6,8,13,15H,3-4,7,9-10H2,1-2H3,(H2,20,21,22);1H. The number of hydrogen-bond acceptors (Lipinski definition) is 3. The molecule has 1 atom stereocenters. The molecular weight excluding hydrogens is 465 g/mol. The molecule has 0 radical (unpaired) electrons.